The van der Waals surface area contributed by atoms with Crippen molar-refractivity contribution in [3.63, 3.8) is 0 Å². The second-order valence-electron chi connectivity index (χ2n) is 6.88. The summed E-state index contributed by atoms with van der Waals surface area (Å²) in [6.45, 7) is 7.73. The van der Waals surface area contributed by atoms with Crippen LogP contribution in [-0.2, 0) is 4.79 Å². The Morgan fingerprint density at radius 3 is 2.68 bits per heavy atom. The molecule has 1 unspecified atom stereocenters. The van der Waals surface area contributed by atoms with Gasteiger partial charge in [0.15, 0.2) is 0 Å². The van der Waals surface area contributed by atoms with Crippen molar-refractivity contribution in [3.8, 4) is 11.8 Å². The fourth-order valence-corrected chi connectivity index (χ4v) is 4.06. The molecule has 2 aliphatic heterocycles. The van der Waals surface area contributed by atoms with Crippen LogP contribution < -0.4 is 5.32 Å². The number of benzene rings is 1. The van der Waals surface area contributed by atoms with E-state index in [1.807, 2.05) is 30.9 Å². The van der Waals surface area contributed by atoms with Crippen LogP contribution in [0.25, 0.3) is 0 Å². The Bertz CT molecular complexity index is 680. The van der Waals surface area contributed by atoms with Gasteiger partial charge in [-0.2, -0.15) is 0 Å². The molecule has 0 spiro atoms. The van der Waals surface area contributed by atoms with Gasteiger partial charge >= 0.3 is 0 Å². The average Bonchev–Trinajstić information content (AvgIpc) is 2.86. The molecule has 0 radical (unpaired) electrons. The molecule has 1 aromatic rings. The van der Waals surface area contributed by atoms with E-state index in [1.165, 1.54) is 12.1 Å². The van der Waals surface area contributed by atoms with Crippen LogP contribution >= 0.6 is 11.8 Å². The molecule has 1 aromatic carbocycles. The first kappa shape index (κ1) is 18.2. The van der Waals surface area contributed by atoms with Gasteiger partial charge in [0.2, 0.25) is 5.91 Å². The van der Waals surface area contributed by atoms with Gasteiger partial charge in [0.25, 0.3) is 0 Å². The Labute approximate surface area is 153 Å². The highest BCUT2D eigenvalue weighted by Crippen LogP contribution is 2.33. The maximum atomic E-state index is 13.1. The topological polar surface area (TPSA) is 35.6 Å². The van der Waals surface area contributed by atoms with E-state index in [-0.39, 0.29) is 22.5 Å². The Kier molecular flexibility index (Phi) is 5.67. The summed E-state index contributed by atoms with van der Waals surface area (Å²) in [5, 5.41) is 3.39. The monoisotopic (exact) mass is 361 g/mol. The fourth-order valence-electron chi connectivity index (χ4n) is 3.12. The van der Waals surface area contributed by atoms with Gasteiger partial charge in [-0.25, -0.2) is 4.39 Å². The van der Waals surface area contributed by atoms with E-state index < -0.39 is 0 Å². The zero-order valence-corrected chi connectivity index (χ0v) is 15.5. The second kappa shape index (κ2) is 7.77. The van der Waals surface area contributed by atoms with Crippen LogP contribution in [0, 0.1) is 17.7 Å². The van der Waals surface area contributed by atoms with Crippen LogP contribution in [0.15, 0.2) is 24.3 Å². The van der Waals surface area contributed by atoms with E-state index in [0.29, 0.717) is 19.0 Å². The molecule has 2 aliphatic rings. The lowest BCUT2D eigenvalue weighted by atomic mass is 10.0. The van der Waals surface area contributed by atoms with E-state index in [9.17, 15) is 9.18 Å². The maximum Gasteiger partial charge on any atom is 0.239 e. The van der Waals surface area contributed by atoms with Gasteiger partial charge < -0.3 is 10.2 Å². The lowest BCUT2D eigenvalue weighted by Crippen LogP contribution is -2.46. The van der Waals surface area contributed by atoms with Gasteiger partial charge in [-0.1, -0.05) is 24.0 Å². The number of hydrogen-bond donors (Lipinski definition) is 1. The lowest BCUT2D eigenvalue weighted by molar-refractivity contribution is -0.130. The molecule has 25 heavy (non-hydrogen) atoms. The van der Waals surface area contributed by atoms with Gasteiger partial charge in [0.05, 0.1) is 23.7 Å². The quantitative estimate of drug-likeness (QED) is 0.837. The summed E-state index contributed by atoms with van der Waals surface area (Å²) >= 11 is 1.66. The molecule has 2 saturated heterocycles. The van der Waals surface area contributed by atoms with Gasteiger partial charge in [0, 0.05) is 25.7 Å². The molecule has 4 nitrogen and oxygen atoms in total. The van der Waals surface area contributed by atoms with Crippen molar-refractivity contribution in [1.29, 1.82) is 0 Å². The highest BCUT2D eigenvalue weighted by molar-refractivity contribution is 8.01. The number of nitrogens with zero attached hydrogens (tertiary/aromatic N) is 2. The number of piperazine rings is 1. The summed E-state index contributed by atoms with van der Waals surface area (Å²) in [5.41, 5.74) is 1.10. The summed E-state index contributed by atoms with van der Waals surface area (Å²) in [5.74, 6) is 7.02. The molecular formula is C19H24FN3OS. The van der Waals surface area contributed by atoms with Crippen LogP contribution in [0.4, 0.5) is 4.39 Å². The summed E-state index contributed by atoms with van der Waals surface area (Å²) in [7, 11) is 0. The smallest absolute Gasteiger partial charge is 0.239 e. The number of carbonyl (C=O) groups is 1. The number of thioether (sulfide) groups is 1. The normalized spacial score (nSPS) is 23.4. The third-order valence-corrected chi connectivity index (χ3v) is 6.01. The second-order valence-corrected chi connectivity index (χ2v) is 8.45. The van der Waals surface area contributed by atoms with Crippen LogP contribution in [0.3, 0.4) is 0 Å². The van der Waals surface area contributed by atoms with Crippen molar-refractivity contribution < 1.29 is 9.18 Å². The van der Waals surface area contributed by atoms with Crippen molar-refractivity contribution in [3.05, 3.63) is 35.6 Å². The van der Waals surface area contributed by atoms with E-state index in [0.717, 1.165) is 25.2 Å². The number of halogens is 1. The number of amides is 1. The molecule has 0 aromatic heterocycles. The maximum absolute atomic E-state index is 13.1. The van der Waals surface area contributed by atoms with E-state index >= 15 is 0 Å². The number of hydrogen-bond acceptors (Lipinski definition) is 4. The van der Waals surface area contributed by atoms with Crippen LogP contribution in [-0.4, -0.2) is 59.1 Å². The van der Waals surface area contributed by atoms with Crippen molar-refractivity contribution in [2.45, 2.75) is 24.6 Å². The SMILES string of the molecule is CC1(C)SCN(CC#CCN2CCNCC2c2ccc(F)cc2)C1=O. The van der Waals surface area contributed by atoms with Crippen LogP contribution in [0.1, 0.15) is 25.5 Å². The molecular weight excluding hydrogens is 337 g/mol. The molecule has 0 saturated carbocycles. The first-order valence-electron chi connectivity index (χ1n) is 8.57. The Balaban J connectivity index is 1.58. The van der Waals surface area contributed by atoms with E-state index in [2.05, 4.69) is 22.1 Å². The van der Waals surface area contributed by atoms with Crippen molar-refractivity contribution in [2.24, 2.45) is 0 Å². The fraction of sp³-hybridized carbons (Fsp3) is 0.526. The van der Waals surface area contributed by atoms with E-state index in [4.69, 9.17) is 0 Å². The number of carbonyl (C=O) groups excluding carboxylic acids is 1. The van der Waals surface area contributed by atoms with Crippen LogP contribution in [0.5, 0.6) is 0 Å². The molecule has 0 aliphatic carbocycles. The largest absolute Gasteiger partial charge is 0.321 e. The minimum atomic E-state index is -0.325. The molecule has 134 valence electrons. The Hall–Kier alpha value is -1.55. The minimum Gasteiger partial charge on any atom is -0.321 e. The average molecular weight is 361 g/mol. The summed E-state index contributed by atoms with van der Waals surface area (Å²) < 4.78 is 12.8. The predicted octanol–water partition coefficient (Wildman–Crippen LogP) is 2.09. The summed E-state index contributed by atoms with van der Waals surface area (Å²) in [6.07, 6.45) is 0. The van der Waals surface area contributed by atoms with Crippen molar-refractivity contribution in [2.75, 3.05) is 38.6 Å². The lowest BCUT2D eigenvalue weighted by Gasteiger charge is -2.35. The number of rotatable bonds is 3. The van der Waals surface area contributed by atoms with Gasteiger partial charge in [-0.15, -0.1) is 11.8 Å². The van der Waals surface area contributed by atoms with Gasteiger partial charge in [-0.05, 0) is 31.5 Å². The third-order valence-electron chi connectivity index (χ3n) is 4.67. The Morgan fingerprint density at radius 2 is 2.00 bits per heavy atom. The third kappa shape index (κ3) is 4.35. The molecule has 1 amide bonds. The first-order valence-corrected chi connectivity index (χ1v) is 9.55. The van der Waals surface area contributed by atoms with Crippen LogP contribution in [0.2, 0.25) is 0 Å². The summed E-state index contributed by atoms with van der Waals surface area (Å²) in [6, 6.07) is 6.90. The standard InChI is InChI=1S/C19H24FN3OS/c1-19(2)18(24)23(14-25-19)11-4-3-10-22-12-9-21-13-17(22)15-5-7-16(20)8-6-15/h5-8,17,21H,9-14H2,1-2H3. The van der Waals surface area contributed by atoms with E-state index in [1.54, 1.807) is 11.8 Å². The zero-order chi connectivity index (χ0) is 17.9. The number of nitrogens with one attached hydrogen (secondary N) is 1. The predicted molar refractivity (Wildman–Crippen MR) is 99.6 cm³/mol. The molecule has 3 rings (SSSR count). The van der Waals surface area contributed by atoms with Crippen molar-refractivity contribution >= 4 is 17.7 Å². The zero-order valence-electron chi connectivity index (χ0n) is 14.7. The molecule has 1 atom stereocenters. The van der Waals surface area contributed by atoms with Gasteiger partial charge in [-0.3, -0.25) is 9.69 Å². The molecule has 0 bridgehead atoms. The highest BCUT2D eigenvalue weighted by atomic mass is 32.2. The molecule has 1 N–H and O–H groups in total. The highest BCUT2D eigenvalue weighted by Gasteiger charge is 2.38. The molecule has 6 heteroatoms. The molecule has 2 fully saturated rings. The first-order chi connectivity index (χ1) is 12.0. The minimum absolute atomic E-state index is 0.165. The van der Waals surface area contributed by atoms with Gasteiger partial charge in [0.1, 0.15) is 5.82 Å². The summed E-state index contributed by atoms with van der Waals surface area (Å²) in [4.78, 5) is 16.3. The van der Waals surface area contributed by atoms with Crippen molar-refractivity contribution in [1.82, 2.24) is 15.1 Å². The molecule has 2 heterocycles. The Morgan fingerprint density at radius 1 is 1.28 bits per heavy atom.